The lowest BCUT2D eigenvalue weighted by atomic mass is 9.53. The van der Waals surface area contributed by atoms with Crippen LogP contribution in [0.25, 0.3) is 33.6 Å². The van der Waals surface area contributed by atoms with Crippen LogP contribution in [-0.4, -0.2) is 55.7 Å². The predicted molar refractivity (Wildman–Crippen MR) is 145 cm³/mol. The van der Waals surface area contributed by atoms with Crippen molar-refractivity contribution in [3.05, 3.63) is 47.9 Å². The Morgan fingerprint density at radius 1 is 1.05 bits per heavy atom. The molecule has 5 fully saturated rings. The molecule has 39 heavy (non-hydrogen) atoms. The zero-order chi connectivity index (χ0) is 25.8. The van der Waals surface area contributed by atoms with Crippen LogP contribution in [0.1, 0.15) is 42.5 Å². The summed E-state index contributed by atoms with van der Waals surface area (Å²) in [6, 6.07) is 9.81. The monoisotopic (exact) mass is 525 g/mol. The molecule has 0 N–H and O–H groups in total. The molecular formula is C31H32FN5O2. The van der Waals surface area contributed by atoms with Crippen LogP contribution in [0.3, 0.4) is 0 Å². The number of aromatic nitrogens is 4. The number of carbonyl (C=O) groups is 1. The number of carbonyl (C=O) groups excluding carboxylic acids is 1. The summed E-state index contributed by atoms with van der Waals surface area (Å²) >= 11 is 0. The third-order valence-electron chi connectivity index (χ3n) is 10.3. The number of rotatable bonds is 6. The maximum Gasteiger partial charge on any atom is 0.254 e. The van der Waals surface area contributed by atoms with Gasteiger partial charge in [-0.25, -0.2) is 14.4 Å². The van der Waals surface area contributed by atoms with Gasteiger partial charge in [-0.15, -0.1) is 0 Å². The van der Waals surface area contributed by atoms with E-state index in [9.17, 15) is 4.79 Å². The van der Waals surface area contributed by atoms with Crippen molar-refractivity contribution in [1.29, 1.82) is 0 Å². The van der Waals surface area contributed by atoms with E-state index in [4.69, 9.17) is 14.7 Å². The molecule has 3 saturated carbocycles. The third kappa shape index (κ3) is 3.33. The highest BCUT2D eigenvalue weighted by Gasteiger charge is 2.61. The molecule has 7 nitrogen and oxygen atoms in total. The van der Waals surface area contributed by atoms with E-state index < -0.39 is 0 Å². The van der Waals surface area contributed by atoms with Crippen LogP contribution in [0.2, 0.25) is 0 Å². The van der Waals surface area contributed by atoms with Crippen LogP contribution in [0.5, 0.6) is 0 Å². The van der Waals surface area contributed by atoms with Gasteiger partial charge in [-0.05, 0) is 86.1 Å². The van der Waals surface area contributed by atoms with Gasteiger partial charge in [0.2, 0.25) is 0 Å². The minimum absolute atomic E-state index is 0.0408. The Balaban J connectivity index is 1.18. The summed E-state index contributed by atoms with van der Waals surface area (Å²) < 4.78 is 26.1. The second-order valence-corrected chi connectivity index (χ2v) is 12.7. The Bertz CT molecular complexity index is 1650. The lowest BCUT2D eigenvalue weighted by Crippen LogP contribution is -2.53. The highest BCUT2D eigenvalue weighted by atomic mass is 19.1. The van der Waals surface area contributed by atoms with Crippen molar-refractivity contribution in [2.75, 3.05) is 19.8 Å². The summed E-state index contributed by atoms with van der Waals surface area (Å²) in [4.78, 5) is 25.4. The number of pyridine rings is 1. The smallest absolute Gasteiger partial charge is 0.254 e. The van der Waals surface area contributed by atoms with Crippen molar-refractivity contribution in [2.24, 2.45) is 29.6 Å². The molecule has 1 aromatic carbocycles. The summed E-state index contributed by atoms with van der Waals surface area (Å²) in [6.07, 6.45) is 7.59. The topological polar surface area (TPSA) is 65.2 Å². The van der Waals surface area contributed by atoms with Crippen LogP contribution < -0.4 is 0 Å². The first-order valence-corrected chi connectivity index (χ1v) is 14.7. The van der Waals surface area contributed by atoms with Gasteiger partial charge in [0.25, 0.3) is 5.91 Å². The first-order chi connectivity index (χ1) is 19.1. The van der Waals surface area contributed by atoms with Crippen molar-refractivity contribution in [2.45, 2.75) is 51.2 Å². The normalized spacial score (nSPS) is 29.2. The van der Waals surface area contributed by atoms with Gasteiger partial charge in [-0.1, -0.05) is 0 Å². The summed E-state index contributed by atoms with van der Waals surface area (Å²) in [5, 5.41) is 1.06. The molecule has 3 aliphatic carbocycles. The van der Waals surface area contributed by atoms with E-state index in [1.54, 1.807) is 0 Å². The van der Waals surface area contributed by atoms with Crippen LogP contribution in [0.4, 0.5) is 4.39 Å². The maximum absolute atomic E-state index is 16.1. The van der Waals surface area contributed by atoms with Crippen molar-refractivity contribution < 1.29 is 13.9 Å². The Kier molecular flexibility index (Phi) is 4.70. The van der Waals surface area contributed by atoms with Crippen LogP contribution in [-0.2, 0) is 17.8 Å². The number of hydrogen-bond acceptors (Lipinski definition) is 4. The predicted octanol–water partition coefficient (Wildman–Crippen LogP) is 5.12. The van der Waals surface area contributed by atoms with E-state index >= 15 is 4.39 Å². The SMILES string of the molecule is O=C(c1cc(F)c2c(c1)nc(-c1cc3cccnc3n1CC1CC1)n2C[C@H]1CCOC1)N1C[C@H]2CC3C[C@@H]1[C@H]32. The molecule has 5 atom stereocenters. The molecule has 0 bridgehead atoms. The molecule has 8 heteroatoms. The van der Waals surface area contributed by atoms with Crippen molar-refractivity contribution in [1.82, 2.24) is 24.0 Å². The Morgan fingerprint density at radius 2 is 1.95 bits per heavy atom. The van der Waals surface area contributed by atoms with Gasteiger partial charge in [-0.3, -0.25) is 4.79 Å². The first-order valence-electron chi connectivity index (χ1n) is 14.7. The molecule has 2 saturated heterocycles. The molecule has 0 spiro atoms. The Labute approximate surface area is 226 Å². The number of nitrogens with zero attached hydrogens (tertiary/aromatic N) is 5. The van der Waals surface area contributed by atoms with Gasteiger partial charge in [0, 0.05) is 55.3 Å². The number of imidazole rings is 1. The van der Waals surface area contributed by atoms with Gasteiger partial charge in [0.1, 0.15) is 17.0 Å². The molecule has 1 amide bonds. The van der Waals surface area contributed by atoms with E-state index in [1.165, 1.54) is 25.3 Å². The summed E-state index contributed by atoms with van der Waals surface area (Å²) in [5.41, 5.74) is 3.37. The zero-order valence-electron chi connectivity index (χ0n) is 21.9. The number of ether oxygens (including phenoxy) is 1. The average molecular weight is 526 g/mol. The summed E-state index contributed by atoms with van der Waals surface area (Å²) in [7, 11) is 0. The van der Waals surface area contributed by atoms with E-state index in [-0.39, 0.29) is 11.7 Å². The standard InChI is InChI=1S/C31H32FN5O2/c32-23-9-21(31(38)36-15-22-8-20-12-25(36)27(20)22)10-24-28(23)37(14-18-5-7-39-16-18)30(34-24)26-11-19-2-1-6-33-29(19)35(26)13-17-3-4-17/h1-2,6,9-11,17-18,20,22,25,27H,3-5,7-8,12-16H2/t18-,20?,22-,25-,27-/m1/s1. The molecule has 9 rings (SSSR count). The molecule has 0 radical (unpaired) electrons. The van der Waals surface area contributed by atoms with Crippen LogP contribution in [0.15, 0.2) is 36.5 Å². The van der Waals surface area contributed by atoms with Gasteiger partial charge >= 0.3 is 0 Å². The fourth-order valence-electron chi connectivity index (χ4n) is 8.08. The number of amides is 1. The second kappa shape index (κ2) is 8.13. The highest BCUT2D eigenvalue weighted by Crippen LogP contribution is 2.60. The quantitative estimate of drug-likeness (QED) is 0.351. The average Bonchev–Trinajstić information content (AvgIpc) is 3.25. The van der Waals surface area contributed by atoms with E-state index in [0.29, 0.717) is 59.5 Å². The number of halogens is 1. The van der Waals surface area contributed by atoms with Gasteiger partial charge in [0.05, 0.1) is 17.8 Å². The minimum Gasteiger partial charge on any atom is -0.381 e. The second-order valence-electron chi connectivity index (χ2n) is 12.7. The number of hydrogen-bond donors (Lipinski definition) is 0. The molecule has 2 aliphatic heterocycles. The van der Waals surface area contributed by atoms with Gasteiger partial charge in [0.15, 0.2) is 5.82 Å². The molecule has 3 aromatic heterocycles. The van der Waals surface area contributed by atoms with Crippen molar-refractivity contribution in [3.8, 4) is 11.5 Å². The summed E-state index contributed by atoms with van der Waals surface area (Å²) in [5.74, 6) is 3.42. The lowest BCUT2D eigenvalue weighted by Gasteiger charge is -2.52. The molecule has 5 aliphatic rings. The fourth-order valence-corrected chi connectivity index (χ4v) is 8.08. The third-order valence-corrected chi connectivity index (χ3v) is 10.3. The molecule has 200 valence electrons. The van der Waals surface area contributed by atoms with E-state index in [0.717, 1.165) is 61.0 Å². The van der Waals surface area contributed by atoms with E-state index in [2.05, 4.69) is 16.7 Å². The summed E-state index contributed by atoms with van der Waals surface area (Å²) in [6.45, 7) is 3.74. The Hall–Kier alpha value is -3.26. The van der Waals surface area contributed by atoms with Crippen LogP contribution in [0, 0.1) is 35.4 Å². The van der Waals surface area contributed by atoms with Crippen molar-refractivity contribution in [3.63, 3.8) is 0 Å². The highest BCUT2D eigenvalue weighted by molar-refractivity contribution is 5.99. The Morgan fingerprint density at radius 3 is 2.74 bits per heavy atom. The van der Waals surface area contributed by atoms with Gasteiger partial charge < -0.3 is 18.8 Å². The number of fused-ring (bicyclic) bond motifs is 2. The van der Waals surface area contributed by atoms with Crippen molar-refractivity contribution >= 4 is 28.0 Å². The first kappa shape index (κ1) is 22.5. The van der Waals surface area contributed by atoms with Crippen LogP contribution >= 0.6 is 0 Å². The lowest BCUT2D eigenvalue weighted by molar-refractivity contribution is -0.0204. The molecular weight excluding hydrogens is 493 g/mol. The maximum atomic E-state index is 16.1. The van der Waals surface area contributed by atoms with Gasteiger partial charge in [-0.2, -0.15) is 0 Å². The molecule has 5 heterocycles. The number of benzene rings is 1. The fraction of sp³-hybridized carbons (Fsp3) is 0.516. The molecule has 4 aromatic rings. The molecule has 1 unspecified atom stereocenters. The largest absolute Gasteiger partial charge is 0.381 e. The van der Waals surface area contributed by atoms with E-state index in [1.807, 2.05) is 27.8 Å². The number of likely N-dealkylation sites (tertiary alicyclic amines) is 1. The minimum atomic E-state index is -0.370. The zero-order valence-corrected chi connectivity index (χ0v) is 21.9.